The minimum Gasteiger partial charge on any atom is -0.475 e. The molecule has 112 valence electrons. The van der Waals surface area contributed by atoms with Crippen molar-refractivity contribution >= 4 is 5.82 Å². The quantitative estimate of drug-likeness (QED) is 0.786. The molecule has 0 aromatic carbocycles. The molecule has 1 atom stereocenters. The lowest BCUT2D eigenvalue weighted by atomic mass is 10.2. The van der Waals surface area contributed by atoms with E-state index in [-0.39, 0.29) is 6.10 Å². The van der Waals surface area contributed by atoms with Gasteiger partial charge >= 0.3 is 0 Å². The first-order valence-corrected chi connectivity index (χ1v) is 7.17. The number of nitrogens with one attached hydrogen (secondary N) is 1. The number of hydrogen-bond acceptors (Lipinski definition) is 6. The van der Waals surface area contributed by atoms with Crippen molar-refractivity contribution in [1.29, 1.82) is 0 Å². The van der Waals surface area contributed by atoms with Gasteiger partial charge in [-0.1, -0.05) is 6.92 Å². The maximum absolute atomic E-state index is 5.73. The second-order valence-corrected chi connectivity index (χ2v) is 4.81. The Balaban J connectivity index is 1.98. The zero-order valence-electron chi connectivity index (χ0n) is 12.2. The second-order valence-electron chi connectivity index (χ2n) is 4.81. The van der Waals surface area contributed by atoms with Gasteiger partial charge in [-0.15, -0.1) is 0 Å². The number of anilines is 1. The molecule has 0 radical (unpaired) electrons. The largest absolute Gasteiger partial charge is 0.475 e. The van der Waals surface area contributed by atoms with Crippen molar-refractivity contribution in [1.82, 2.24) is 9.97 Å². The fraction of sp³-hybridized carbons (Fsp3) is 0.714. The summed E-state index contributed by atoms with van der Waals surface area (Å²) in [5.74, 6) is 1.97. The molecule has 1 unspecified atom stereocenters. The smallest absolute Gasteiger partial charge is 0.218 e. The van der Waals surface area contributed by atoms with Gasteiger partial charge in [0, 0.05) is 26.3 Å². The summed E-state index contributed by atoms with van der Waals surface area (Å²) in [6, 6.07) is 1.82. The molecule has 1 aliphatic rings. The Kier molecular flexibility index (Phi) is 6.01. The standard InChI is InChI=1S/C14H23N3O3/c1-3-6-15-12-8-14(17-13(16-12)10-18-2)20-9-11-5-4-7-19-11/h8,11H,3-7,9-10H2,1-2H3,(H,15,16,17). The highest BCUT2D eigenvalue weighted by Crippen LogP contribution is 2.17. The van der Waals surface area contributed by atoms with Crippen LogP contribution in [-0.4, -0.2) is 42.9 Å². The summed E-state index contributed by atoms with van der Waals surface area (Å²) >= 11 is 0. The molecule has 2 rings (SSSR count). The predicted molar refractivity (Wildman–Crippen MR) is 76.0 cm³/mol. The Hall–Kier alpha value is -1.40. The van der Waals surface area contributed by atoms with Gasteiger partial charge in [0.25, 0.3) is 0 Å². The van der Waals surface area contributed by atoms with E-state index in [4.69, 9.17) is 14.2 Å². The van der Waals surface area contributed by atoms with Gasteiger partial charge in [0.05, 0.1) is 6.10 Å². The Labute approximate surface area is 119 Å². The molecule has 2 heterocycles. The highest BCUT2D eigenvalue weighted by Gasteiger charge is 2.16. The van der Waals surface area contributed by atoms with E-state index in [0.717, 1.165) is 38.2 Å². The highest BCUT2D eigenvalue weighted by atomic mass is 16.5. The van der Waals surface area contributed by atoms with Crippen molar-refractivity contribution in [3.63, 3.8) is 0 Å². The van der Waals surface area contributed by atoms with Gasteiger partial charge in [-0.05, 0) is 19.3 Å². The molecular weight excluding hydrogens is 258 g/mol. The summed E-state index contributed by atoms with van der Waals surface area (Å²) in [5.41, 5.74) is 0. The molecule has 6 nitrogen and oxygen atoms in total. The fourth-order valence-electron chi connectivity index (χ4n) is 2.04. The number of ether oxygens (including phenoxy) is 3. The summed E-state index contributed by atoms with van der Waals surface area (Å²) in [7, 11) is 1.63. The third kappa shape index (κ3) is 4.61. The molecule has 1 aliphatic heterocycles. The van der Waals surface area contributed by atoms with Crippen LogP contribution in [0.5, 0.6) is 5.88 Å². The summed E-state index contributed by atoms with van der Waals surface area (Å²) in [4.78, 5) is 8.72. The molecule has 1 fully saturated rings. The Morgan fingerprint density at radius 1 is 1.45 bits per heavy atom. The first-order valence-electron chi connectivity index (χ1n) is 7.17. The molecule has 0 amide bonds. The van der Waals surface area contributed by atoms with Gasteiger partial charge in [-0.3, -0.25) is 0 Å². The van der Waals surface area contributed by atoms with Crippen LogP contribution < -0.4 is 10.1 Å². The molecule has 0 aliphatic carbocycles. The van der Waals surface area contributed by atoms with Crippen molar-refractivity contribution in [3.8, 4) is 5.88 Å². The highest BCUT2D eigenvalue weighted by molar-refractivity contribution is 5.38. The molecule has 20 heavy (non-hydrogen) atoms. The maximum atomic E-state index is 5.73. The predicted octanol–water partition coefficient (Wildman–Crippen LogP) is 2.00. The Morgan fingerprint density at radius 3 is 3.05 bits per heavy atom. The van der Waals surface area contributed by atoms with E-state index in [9.17, 15) is 0 Å². The van der Waals surface area contributed by atoms with Crippen LogP contribution in [0.2, 0.25) is 0 Å². The van der Waals surface area contributed by atoms with Crippen LogP contribution in [-0.2, 0) is 16.1 Å². The van der Waals surface area contributed by atoms with Crippen LogP contribution in [0.1, 0.15) is 32.0 Å². The van der Waals surface area contributed by atoms with Crippen molar-refractivity contribution < 1.29 is 14.2 Å². The van der Waals surface area contributed by atoms with Crippen LogP contribution >= 0.6 is 0 Å². The SMILES string of the molecule is CCCNc1cc(OCC2CCCO2)nc(COC)n1. The molecule has 1 saturated heterocycles. The third-order valence-corrected chi connectivity index (χ3v) is 3.02. The molecule has 6 heteroatoms. The monoisotopic (exact) mass is 281 g/mol. The zero-order chi connectivity index (χ0) is 14.2. The lowest BCUT2D eigenvalue weighted by Gasteiger charge is -2.13. The first kappa shape index (κ1) is 15.0. The average Bonchev–Trinajstić information content (AvgIpc) is 2.96. The molecule has 0 bridgehead atoms. The normalized spacial score (nSPS) is 18.2. The maximum Gasteiger partial charge on any atom is 0.218 e. The van der Waals surface area contributed by atoms with E-state index in [1.54, 1.807) is 7.11 Å². The van der Waals surface area contributed by atoms with Crippen LogP contribution in [0, 0.1) is 0 Å². The van der Waals surface area contributed by atoms with Gasteiger partial charge in [-0.2, -0.15) is 4.98 Å². The van der Waals surface area contributed by atoms with Crippen LogP contribution in [0.25, 0.3) is 0 Å². The Bertz CT molecular complexity index is 409. The van der Waals surface area contributed by atoms with E-state index < -0.39 is 0 Å². The Morgan fingerprint density at radius 2 is 2.35 bits per heavy atom. The topological polar surface area (TPSA) is 65.5 Å². The first-order chi connectivity index (χ1) is 9.81. The van der Waals surface area contributed by atoms with Gasteiger partial charge < -0.3 is 19.5 Å². The molecule has 1 aromatic rings. The summed E-state index contributed by atoms with van der Waals surface area (Å²) < 4.78 is 16.4. The third-order valence-electron chi connectivity index (χ3n) is 3.02. The summed E-state index contributed by atoms with van der Waals surface area (Å²) in [6.45, 7) is 4.72. The van der Waals surface area contributed by atoms with Crippen molar-refractivity contribution in [2.75, 3.05) is 32.2 Å². The van der Waals surface area contributed by atoms with Crippen molar-refractivity contribution in [2.45, 2.75) is 38.9 Å². The van der Waals surface area contributed by atoms with Gasteiger partial charge in [0.2, 0.25) is 5.88 Å². The van der Waals surface area contributed by atoms with E-state index in [1.165, 1.54) is 0 Å². The second kappa shape index (κ2) is 8.01. The number of hydrogen-bond donors (Lipinski definition) is 1. The van der Waals surface area contributed by atoms with Gasteiger partial charge in [-0.25, -0.2) is 4.98 Å². The number of nitrogens with zero attached hydrogens (tertiary/aromatic N) is 2. The van der Waals surface area contributed by atoms with Crippen molar-refractivity contribution in [3.05, 3.63) is 11.9 Å². The van der Waals surface area contributed by atoms with Gasteiger partial charge in [0.15, 0.2) is 5.82 Å². The average molecular weight is 281 g/mol. The van der Waals surface area contributed by atoms with E-state index in [2.05, 4.69) is 22.2 Å². The number of methoxy groups -OCH3 is 1. The minimum absolute atomic E-state index is 0.183. The fourth-order valence-corrected chi connectivity index (χ4v) is 2.04. The molecule has 1 N–H and O–H groups in total. The van der Waals surface area contributed by atoms with Crippen LogP contribution in [0.3, 0.4) is 0 Å². The van der Waals surface area contributed by atoms with E-state index in [1.807, 2.05) is 6.07 Å². The van der Waals surface area contributed by atoms with Gasteiger partial charge in [0.1, 0.15) is 19.0 Å². The van der Waals surface area contributed by atoms with Crippen molar-refractivity contribution in [2.24, 2.45) is 0 Å². The molecule has 1 aromatic heterocycles. The molecular formula is C14H23N3O3. The molecule has 0 spiro atoms. The lowest BCUT2D eigenvalue weighted by Crippen LogP contribution is -2.17. The van der Waals surface area contributed by atoms with E-state index in [0.29, 0.717) is 24.9 Å². The lowest BCUT2D eigenvalue weighted by molar-refractivity contribution is 0.0660. The summed E-state index contributed by atoms with van der Waals surface area (Å²) in [6.07, 6.45) is 3.38. The minimum atomic E-state index is 0.183. The van der Waals surface area contributed by atoms with E-state index >= 15 is 0 Å². The van der Waals surface area contributed by atoms with Crippen LogP contribution in [0.4, 0.5) is 5.82 Å². The zero-order valence-corrected chi connectivity index (χ0v) is 12.2. The summed E-state index contributed by atoms with van der Waals surface area (Å²) in [5, 5.41) is 3.24. The molecule has 0 saturated carbocycles. The van der Waals surface area contributed by atoms with Crippen LogP contribution in [0.15, 0.2) is 6.07 Å². The number of aromatic nitrogens is 2. The number of rotatable bonds is 8.